The number of Topliss-reactive ketones (excluding diaryl/α,β-unsaturated/α-hetero) is 1. The zero-order chi connectivity index (χ0) is 12.8. The third-order valence-electron chi connectivity index (χ3n) is 4.52. The Morgan fingerprint density at radius 3 is 2.28 bits per heavy atom. The SMILES string of the molecule is CCCCCCCCC(=O)C1CC2CCC(C1)S2. The smallest absolute Gasteiger partial charge is 0.136 e. The van der Waals surface area contributed by atoms with Gasteiger partial charge in [0, 0.05) is 22.8 Å². The number of unbranched alkanes of at least 4 members (excludes halogenated alkanes) is 5. The number of fused-ring (bicyclic) bond motifs is 2. The molecule has 0 radical (unpaired) electrons. The Hall–Kier alpha value is 0.0200. The van der Waals surface area contributed by atoms with Crippen LogP contribution in [0, 0.1) is 5.92 Å². The first-order chi connectivity index (χ1) is 8.79. The van der Waals surface area contributed by atoms with Crippen LogP contribution in [0.5, 0.6) is 0 Å². The number of carbonyl (C=O) groups excluding carboxylic acids is 1. The highest BCUT2D eigenvalue weighted by atomic mass is 32.2. The third kappa shape index (κ3) is 4.29. The Morgan fingerprint density at radius 1 is 1.00 bits per heavy atom. The average molecular weight is 268 g/mol. The average Bonchev–Trinajstić information content (AvgIpc) is 2.72. The van der Waals surface area contributed by atoms with Gasteiger partial charge in [-0.1, -0.05) is 39.0 Å². The van der Waals surface area contributed by atoms with Gasteiger partial charge in [-0.25, -0.2) is 0 Å². The highest BCUT2D eigenvalue weighted by Gasteiger charge is 2.37. The summed E-state index contributed by atoms with van der Waals surface area (Å²) in [5.74, 6) is 1.02. The molecule has 0 N–H and O–H groups in total. The van der Waals surface area contributed by atoms with Crippen molar-refractivity contribution in [3.63, 3.8) is 0 Å². The quantitative estimate of drug-likeness (QED) is 0.577. The second kappa shape index (κ2) is 7.57. The van der Waals surface area contributed by atoms with Crippen molar-refractivity contribution in [3.05, 3.63) is 0 Å². The second-order valence-electron chi connectivity index (χ2n) is 6.11. The van der Waals surface area contributed by atoms with Crippen LogP contribution in [0.1, 0.15) is 77.6 Å². The molecule has 2 heterocycles. The van der Waals surface area contributed by atoms with E-state index in [4.69, 9.17) is 0 Å². The van der Waals surface area contributed by atoms with Crippen molar-refractivity contribution in [2.24, 2.45) is 5.92 Å². The molecule has 0 saturated carbocycles. The molecule has 2 bridgehead atoms. The van der Waals surface area contributed by atoms with Gasteiger partial charge in [0.2, 0.25) is 0 Å². The number of ketones is 1. The molecule has 0 spiro atoms. The Morgan fingerprint density at radius 2 is 1.61 bits per heavy atom. The summed E-state index contributed by atoms with van der Waals surface area (Å²) in [6, 6.07) is 0. The van der Waals surface area contributed by atoms with Gasteiger partial charge in [-0.3, -0.25) is 4.79 Å². The van der Waals surface area contributed by atoms with Gasteiger partial charge in [-0.05, 0) is 32.1 Å². The fourth-order valence-electron chi connectivity index (χ4n) is 3.40. The molecular weight excluding hydrogens is 240 g/mol. The Kier molecular flexibility index (Phi) is 6.07. The maximum absolute atomic E-state index is 12.2. The maximum Gasteiger partial charge on any atom is 0.136 e. The van der Waals surface area contributed by atoms with Crippen LogP contribution in [0.4, 0.5) is 0 Å². The lowest BCUT2D eigenvalue weighted by molar-refractivity contribution is -0.123. The summed E-state index contributed by atoms with van der Waals surface area (Å²) < 4.78 is 0. The largest absolute Gasteiger partial charge is 0.299 e. The molecule has 2 unspecified atom stereocenters. The zero-order valence-corrected chi connectivity index (χ0v) is 12.6. The first-order valence-electron chi connectivity index (χ1n) is 7.97. The van der Waals surface area contributed by atoms with Crippen LogP contribution in [0.3, 0.4) is 0 Å². The van der Waals surface area contributed by atoms with Crippen LogP contribution in [-0.2, 0) is 4.79 Å². The fourth-order valence-corrected chi connectivity index (χ4v) is 5.18. The molecule has 2 heteroatoms. The van der Waals surface area contributed by atoms with Crippen molar-refractivity contribution >= 4 is 17.5 Å². The second-order valence-corrected chi connectivity index (χ2v) is 7.72. The van der Waals surface area contributed by atoms with E-state index in [1.807, 2.05) is 0 Å². The highest BCUT2D eigenvalue weighted by molar-refractivity contribution is 8.00. The predicted molar refractivity (Wildman–Crippen MR) is 80.1 cm³/mol. The maximum atomic E-state index is 12.2. The minimum Gasteiger partial charge on any atom is -0.299 e. The van der Waals surface area contributed by atoms with Crippen LogP contribution < -0.4 is 0 Å². The molecule has 0 amide bonds. The van der Waals surface area contributed by atoms with Crippen molar-refractivity contribution in [2.45, 2.75) is 88.1 Å². The molecule has 1 nitrogen and oxygen atoms in total. The van der Waals surface area contributed by atoms with E-state index in [9.17, 15) is 4.79 Å². The summed E-state index contributed by atoms with van der Waals surface area (Å²) in [4.78, 5) is 12.2. The third-order valence-corrected chi connectivity index (χ3v) is 6.15. The van der Waals surface area contributed by atoms with Gasteiger partial charge in [0.05, 0.1) is 0 Å². The van der Waals surface area contributed by atoms with E-state index in [-0.39, 0.29) is 0 Å². The van der Waals surface area contributed by atoms with Gasteiger partial charge >= 0.3 is 0 Å². The Bertz CT molecular complexity index is 252. The van der Waals surface area contributed by atoms with E-state index < -0.39 is 0 Å². The van der Waals surface area contributed by atoms with Crippen molar-refractivity contribution in [1.29, 1.82) is 0 Å². The zero-order valence-electron chi connectivity index (χ0n) is 11.8. The van der Waals surface area contributed by atoms with Crippen LogP contribution in [0.25, 0.3) is 0 Å². The summed E-state index contributed by atoms with van der Waals surface area (Å²) in [5, 5.41) is 1.64. The molecule has 0 aromatic heterocycles. The predicted octanol–water partition coefficient (Wildman–Crippen LogP) is 4.98. The van der Waals surface area contributed by atoms with E-state index >= 15 is 0 Å². The Balaban J connectivity index is 1.57. The lowest BCUT2D eigenvalue weighted by atomic mass is 9.91. The highest BCUT2D eigenvalue weighted by Crippen LogP contribution is 2.46. The van der Waals surface area contributed by atoms with Crippen molar-refractivity contribution < 1.29 is 4.79 Å². The van der Waals surface area contributed by atoms with E-state index in [2.05, 4.69) is 18.7 Å². The molecule has 2 fully saturated rings. The lowest BCUT2D eigenvalue weighted by Gasteiger charge is -2.26. The van der Waals surface area contributed by atoms with Gasteiger partial charge in [0.1, 0.15) is 5.78 Å². The van der Waals surface area contributed by atoms with Gasteiger partial charge in [-0.15, -0.1) is 0 Å². The van der Waals surface area contributed by atoms with Crippen molar-refractivity contribution in [3.8, 4) is 0 Å². The fraction of sp³-hybridized carbons (Fsp3) is 0.938. The molecule has 2 aliphatic heterocycles. The van der Waals surface area contributed by atoms with Crippen LogP contribution in [-0.4, -0.2) is 16.3 Å². The van der Waals surface area contributed by atoms with E-state index in [1.165, 1.54) is 57.8 Å². The normalized spacial score (nSPS) is 30.6. The standard InChI is InChI=1S/C16H28OS/c1-2-3-4-5-6-7-8-16(17)13-11-14-9-10-15(12-13)18-14/h13-15H,2-12H2,1H3. The summed E-state index contributed by atoms with van der Waals surface area (Å²) in [7, 11) is 0. The molecule has 0 aliphatic carbocycles. The summed E-state index contributed by atoms with van der Waals surface area (Å²) in [6.07, 6.45) is 13.7. The monoisotopic (exact) mass is 268 g/mol. The topological polar surface area (TPSA) is 17.1 Å². The van der Waals surface area contributed by atoms with Gasteiger partial charge < -0.3 is 0 Å². The number of carbonyl (C=O) groups is 1. The summed E-state index contributed by atoms with van der Waals surface area (Å²) >= 11 is 2.16. The lowest BCUT2D eigenvalue weighted by Crippen LogP contribution is -2.24. The van der Waals surface area contributed by atoms with Crippen LogP contribution >= 0.6 is 11.8 Å². The molecule has 2 atom stereocenters. The van der Waals surface area contributed by atoms with Gasteiger partial charge in [0.25, 0.3) is 0 Å². The first-order valence-corrected chi connectivity index (χ1v) is 8.92. The van der Waals surface area contributed by atoms with Crippen molar-refractivity contribution in [2.75, 3.05) is 0 Å². The molecule has 2 saturated heterocycles. The molecule has 2 aliphatic rings. The summed E-state index contributed by atoms with van der Waals surface area (Å²) in [6.45, 7) is 2.25. The first kappa shape index (κ1) is 14.4. The molecule has 18 heavy (non-hydrogen) atoms. The van der Waals surface area contributed by atoms with Crippen molar-refractivity contribution in [1.82, 2.24) is 0 Å². The number of rotatable bonds is 8. The number of hydrogen-bond acceptors (Lipinski definition) is 2. The molecule has 104 valence electrons. The van der Waals surface area contributed by atoms with E-state index in [0.717, 1.165) is 23.3 Å². The molecule has 0 aromatic rings. The minimum absolute atomic E-state index is 0.430. The molecular formula is C16H28OS. The molecule has 0 aromatic carbocycles. The summed E-state index contributed by atoms with van der Waals surface area (Å²) in [5.41, 5.74) is 0. The van der Waals surface area contributed by atoms with Crippen LogP contribution in [0.2, 0.25) is 0 Å². The number of thioether (sulfide) groups is 1. The Labute approximate surface area is 116 Å². The van der Waals surface area contributed by atoms with E-state index in [1.54, 1.807) is 0 Å². The van der Waals surface area contributed by atoms with E-state index in [0.29, 0.717) is 11.7 Å². The van der Waals surface area contributed by atoms with Gasteiger partial charge in [-0.2, -0.15) is 11.8 Å². The minimum atomic E-state index is 0.430. The molecule has 2 rings (SSSR count). The van der Waals surface area contributed by atoms with Crippen LogP contribution in [0.15, 0.2) is 0 Å². The van der Waals surface area contributed by atoms with Gasteiger partial charge in [0.15, 0.2) is 0 Å². The number of hydrogen-bond donors (Lipinski definition) is 0.